The van der Waals surface area contributed by atoms with Gasteiger partial charge in [0, 0.05) is 5.02 Å². The Kier molecular flexibility index (Phi) is 6.83. The first-order valence-electron chi connectivity index (χ1n) is 16.6. The molecular formula is C38H53ClO2. The molecule has 1 N–H and O–H groups in total. The Morgan fingerprint density at radius 2 is 1.71 bits per heavy atom. The van der Waals surface area contributed by atoms with Gasteiger partial charge in [0.25, 0.3) is 0 Å². The quantitative estimate of drug-likeness (QED) is 0.362. The molecule has 0 saturated heterocycles. The summed E-state index contributed by atoms with van der Waals surface area (Å²) in [5.74, 6) is 2.72. The maximum Gasteiger partial charge on any atom is 0.335 e. The summed E-state index contributed by atoms with van der Waals surface area (Å²) in [6, 6.07) is 5.29. The van der Waals surface area contributed by atoms with E-state index in [1.54, 1.807) is 12.1 Å². The number of aromatic carboxylic acids is 1. The van der Waals surface area contributed by atoms with E-state index in [0.717, 1.165) is 29.7 Å². The summed E-state index contributed by atoms with van der Waals surface area (Å²) in [5.41, 5.74) is 5.53. The molecule has 3 heteroatoms. The summed E-state index contributed by atoms with van der Waals surface area (Å²) in [6.45, 7) is 22.3. The second-order valence-corrected chi connectivity index (χ2v) is 16.9. The van der Waals surface area contributed by atoms with E-state index in [9.17, 15) is 9.90 Å². The third-order valence-corrected chi connectivity index (χ3v) is 15.3. The molecule has 41 heavy (non-hydrogen) atoms. The van der Waals surface area contributed by atoms with Crippen LogP contribution in [0.3, 0.4) is 0 Å². The highest BCUT2D eigenvalue weighted by molar-refractivity contribution is 6.32. The molecular weight excluding hydrogens is 524 g/mol. The molecule has 0 amide bonds. The third kappa shape index (κ3) is 3.84. The van der Waals surface area contributed by atoms with Crippen molar-refractivity contribution in [3.8, 4) is 0 Å². The second kappa shape index (κ2) is 9.48. The van der Waals surface area contributed by atoms with Crippen LogP contribution in [0.1, 0.15) is 129 Å². The van der Waals surface area contributed by atoms with Gasteiger partial charge in [-0.3, -0.25) is 0 Å². The zero-order valence-corrected chi connectivity index (χ0v) is 27.5. The third-order valence-electron chi connectivity index (χ3n) is 15.0. The van der Waals surface area contributed by atoms with Gasteiger partial charge >= 0.3 is 5.97 Å². The van der Waals surface area contributed by atoms with E-state index in [-0.39, 0.29) is 16.4 Å². The first-order chi connectivity index (χ1) is 19.2. The molecule has 0 unspecified atom stereocenters. The summed E-state index contributed by atoms with van der Waals surface area (Å²) < 4.78 is 0. The van der Waals surface area contributed by atoms with Gasteiger partial charge in [-0.2, -0.15) is 0 Å². The molecule has 0 bridgehead atoms. The van der Waals surface area contributed by atoms with E-state index >= 15 is 0 Å². The van der Waals surface area contributed by atoms with Gasteiger partial charge in [-0.25, -0.2) is 4.79 Å². The Balaban J connectivity index is 1.37. The van der Waals surface area contributed by atoms with Crippen LogP contribution in [0, 0.1) is 56.7 Å². The van der Waals surface area contributed by atoms with Gasteiger partial charge in [-0.15, -0.1) is 0 Å². The van der Waals surface area contributed by atoms with Crippen LogP contribution in [-0.4, -0.2) is 11.1 Å². The van der Waals surface area contributed by atoms with Crippen molar-refractivity contribution < 1.29 is 9.90 Å². The van der Waals surface area contributed by atoms with Gasteiger partial charge in [-0.1, -0.05) is 83.9 Å². The molecule has 4 saturated carbocycles. The van der Waals surface area contributed by atoms with E-state index < -0.39 is 5.97 Å². The number of hydrogen-bond donors (Lipinski definition) is 1. The molecule has 0 heterocycles. The van der Waals surface area contributed by atoms with E-state index in [0.29, 0.717) is 33.1 Å². The maximum atomic E-state index is 11.6. The summed E-state index contributed by atoms with van der Waals surface area (Å²) >= 11 is 6.76. The standard InChI is InChI=1S/C38H53ClO2/c1-9-38-19-14-25(23(2)3)32(38)28-12-13-31-35(6)17-15-27(26-11-10-24(33(40)41)22-29(26)39)34(4,5)30(35)16-18-37(31,8)36(28,7)20-21-38/h10-11,15,22,25,28,30-32H,2,9,12-14,16-21H2,1,3-8H3,(H,40,41)/t25-,28+,30-,31+,32+,35-,36+,37+,38+/m0/s1. The SMILES string of the molecule is C=C(C)[C@@H]1CC[C@]2(CC)CC[C@]3(C)[C@H](CC[C@@H]4[C@@]5(C)CC=C(c6ccc(C(=O)O)cc6Cl)C(C)(C)[C@@H]5CC[C@]43C)[C@@H]12. The van der Waals surface area contributed by atoms with Crippen LogP contribution in [0.25, 0.3) is 5.57 Å². The minimum absolute atomic E-state index is 0.0269. The first-order valence-corrected chi connectivity index (χ1v) is 16.9. The fraction of sp³-hybridized carbons (Fsp3) is 0.711. The van der Waals surface area contributed by atoms with Gasteiger partial charge in [-0.05, 0) is 145 Å². The normalized spacial score (nSPS) is 44.6. The maximum absolute atomic E-state index is 11.6. The lowest BCUT2D eigenvalue weighted by Crippen LogP contribution is -2.65. The van der Waals surface area contributed by atoms with Crippen LogP contribution in [0.4, 0.5) is 0 Å². The fourth-order valence-corrected chi connectivity index (χ4v) is 13.1. The number of halogens is 1. The average molecular weight is 577 g/mol. The van der Waals surface area contributed by atoms with Crippen molar-refractivity contribution in [2.45, 2.75) is 113 Å². The molecule has 9 atom stereocenters. The average Bonchev–Trinajstić information content (AvgIpc) is 3.30. The van der Waals surface area contributed by atoms with Crippen molar-refractivity contribution in [1.82, 2.24) is 0 Å². The zero-order valence-electron chi connectivity index (χ0n) is 26.7. The Labute approximate surface area is 254 Å². The zero-order chi connectivity index (χ0) is 29.8. The number of benzene rings is 1. The fourth-order valence-electron chi connectivity index (χ4n) is 12.8. The van der Waals surface area contributed by atoms with Crippen molar-refractivity contribution in [2.24, 2.45) is 56.7 Å². The van der Waals surface area contributed by atoms with Crippen LogP contribution in [0.15, 0.2) is 36.4 Å². The highest BCUT2D eigenvalue weighted by Gasteiger charge is 2.70. The first kappa shape index (κ1) is 29.5. The Morgan fingerprint density at radius 3 is 2.34 bits per heavy atom. The lowest BCUT2D eigenvalue weighted by molar-refractivity contribution is -0.225. The molecule has 2 nitrogen and oxygen atoms in total. The van der Waals surface area contributed by atoms with Gasteiger partial charge < -0.3 is 5.11 Å². The number of carbonyl (C=O) groups is 1. The molecule has 6 rings (SSSR count). The minimum atomic E-state index is -0.926. The molecule has 5 aliphatic carbocycles. The predicted octanol–water partition coefficient (Wildman–Crippen LogP) is 11.1. The number of hydrogen-bond acceptors (Lipinski definition) is 1. The molecule has 4 fully saturated rings. The van der Waals surface area contributed by atoms with Crippen LogP contribution in [0.2, 0.25) is 5.02 Å². The molecule has 1 aromatic carbocycles. The molecule has 0 aliphatic heterocycles. The van der Waals surface area contributed by atoms with Crippen molar-refractivity contribution in [3.63, 3.8) is 0 Å². The van der Waals surface area contributed by atoms with Crippen molar-refractivity contribution in [3.05, 3.63) is 52.6 Å². The van der Waals surface area contributed by atoms with E-state index in [1.807, 2.05) is 6.07 Å². The minimum Gasteiger partial charge on any atom is -0.478 e. The second-order valence-electron chi connectivity index (χ2n) is 16.4. The van der Waals surface area contributed by atoms with Gasteiger partial charge in [0.1, 0.15) is 0 Å². The Morgan fingerprint density at radius 1 is 0.976 bits per heavy atom. The number of carboxylic acid groups (broad SMARTS) is 1. The smallest absolute Gasteiger partial charge is 0.335 e. The number of fused-ring (bicyclic) bond motifs is 7. The molecule has 1 aromatic rings. The highest BCUT2D eigenvalue weighted by atomic mass is 35.5. The number of rotatable bonds is 4. The Hall–Kier alpha value is -1.54. The largest absolute Gasteiger partial charge is 0.478 e. The van der Waals surface area contributed by atoms with Gasteiger partial charge in [0.05, 0.1) is 5.56 Å². The Bertz CT molecular complexity index is 1310. The highest BCUT2D eigenvalue weighted by Crippen LogP contribution is 2.78. The van der Waals surface area contributed by atoms with E-state index in [2.05, 4.69) is 61.1 Å². The lowest BCUT2D eigenvalue weighted by Gasteiger charge is -2.72. The lowest BCUT2D eigenvalue weighted by atomic mass is 9.32. The number of carboxylic acids is 1. The van der Waals surface area contributed by atoms with Crippen molar-refractivity contribution in [1.29, 1.82) is 0 Å². The van der Waals surface area contributed by atoms with Crippen LogP contribution < -0.4 is 0 Å². The van der Waals surface area contributed by atoms with Gasteiger partial charge in [0.15, 0.2) is 0 Å². The van der Waals surface area contributed by atoms with E-state index in [1.165, 1.54) is 68.9 Å². The molecule has 0 spiro atoms. The van der Waals surface area contributed by atoms with E-state index in [4.69, 9.17) is 11.6 Å². The monoisotopic (exact) mass is 576 g/mol. The summed E-state index contributed by atoms with van der Waals surface area (Å²) in [4.78, 5) is 11.6. The van der Waals surface area contributed by atoms with Crippen molar-refractivity contribution >= 4 is 23.1 Å². The topological polar surface area (TPSA) is 37.3 Å². The van der Waals surface area contributed by atoms with Crippen LogP contribution in [-0.2, 0) is 0 Å². The van der Waals surface area contributed by atoms with Crippen molar-refractivity contribution in [2.75, 3.05) is 0 Å². The van der Waals surface area contributed by atoms with Gasteiger partial charge in [0.2, 0.25) is 0 Å². The van der Waals surface area contributed by atoms with Crippen LogP contribution >= 0.6 is 11.6 Å². The molecule has 0 radical (unpaired) electrons. The number of allylic oxidation sites excluding steroid dienone is 3. The predicted molar refractivity (Wildman–Crippen MR) is 171 cm³/mol. The summed E-state index contributed by atoms with van der Waals surface area (Å²) in [6.07, 6.45) is 15.8. The summed E-state index contributed by atoms with van der Waals surface area (Å²) in [7, 11) is 0. The summed E-state index contributed by atoms with van der Waals surface area (Å²) in [5, 5.41) is 10.0. The van der Waals surface area contributed by atoms with Crippen LogP contribution in [0.5, 0.6) is 0 Å². The molecule has 224 valence electrons. The molecule has 0 aromatic heterocycles. The molecule has 5 aliphatic rings.